The summed E-state index contributed by atoms with van der Waals surface area (Å²) in [5, 5.41) is 12.1. The molecule has 0 saturated carbocycles. The van der Waals surface area contributed by atoms with E-state index >= 15 is 0 Å². The first kappa shape index (κ1) is 26.1. The molecule has 0 amide bonds. The Morgan fingerprint density at radius 3 is 1.62 bits per heavy atom. The average molecular weight is 597 g/mol. The first-order valence-corrected chi connectivity index (χ1v) is 16.2. The number of benzene rings is 9. The second-order valence-corrected chi connectivity index (χ2v) is 12.4. The van der Waals surface area contributed by atoms with Crippen LogP contribution in [0.2, 0.25) is 0 Å². The molecule has 0 spiro atoms. The molecule has 1 nitrogen and oxygen atoms in total. The fraction of sp³-hybridized carbons (Fsp3) is 0. The summed E-state index contributed by atoms with van der Waals surface area (Å²) in [6.07, 6.45) is 0. The molecule has 1 aromatic heterocycles. The highest BCUT2D eigenvalue weighted by Crippen LogP contribution is 2.45. The second-order valence-electron chi connectivity index (χ2n) is 12.4. The summed E-state index contributed by atoms with van der Waals surface area (Å²) in [6.45, 7) is 0. The van der Waals surface area contributed by atoms with Crippen molar-refractivity contribution in [2.45, 2.75) is 0 Å². The van der Waals surface area contributed by atoms with Gasteiger partial charge in [-0.25, -0.2) is 0 Å². The molecule has 10 aromatic rings. The van der Waals surface area contributed by atoms with E-state index in [9.17, 15) is 0 Å². The zero-order chi connectivity index (χ0) is 30.9. The molecule has 1 heteroatoms. The minimum Gasteiger partial charge on any atom is -0.455 e. The summed E-state index contributed by atoms with van der Waals surface area (Å²) in [5.41, 5.74) is 9.26. The summed E-state index contributed by atoms with van der Waals surface area (Å²) >= 11 is 0. The molecule has 0 N–H and O–H groups in total. The molecule has 0 aliphatic heterocycles. The molecular formula is C46H28O. The van der Waals surface area contributed by atoms with Crippen LogP contribution in [0.1, 0.15) is 0 Å². The molecule has 0 aliphatic carbocycles. The minimum atomic E-state index is 0.918. The predicted molar refractivity (Wildman–Crippen MR) is 200 cm³/mol. The Morgan fingerprint density at radius 2 is 0.872 bits per heavy atom. The molecule has 0 bridgehead atoms. The number of rotatable bonds is 3. The lowest BCUT2D eigenvalue weighted by molar-refractivity contribution is 0.673. The number of hydrogen-bond acceptors (Lipinski definition) is 1. The summed E-state index contributed by atoms with van der Waals surface area (Å²) < 4.78 is 6.60. The number of fused-ring (bicyclic) bond motifs is 8. The Bertz CT molecular complexity index is 2780. The van der Waals surface area contributed by atoms with Crippen molar-refractivity contribution < 1.29 is 4.42 Å². The molecule has 0 unspecified atom stereocenters. The van der Waals surface area contributed by atoms with Gasteiger partial charge in [-0.1, -0.05) is 146 Å². The third-order valence-electron chi connectivity index (χ3n) is 9.82. The maximum absolute atomic E-state index is 6.60. The summed E-state index contributed by atoms with van der Waals surface area (Å²) in [4.78, 5) is 0. The van der Waals surface area contributed by atoms with Crippen LogP contribution >= 0.6 is 0 Å². The molecular weight excluding hydrogens is 569 g/mol. The Kier molecular flexibility index (Phi) is 5.64. The first-order valence-electron chi connectivity index (χ1n) is 16.2. The molecule has 0 saturated heterocycles. The molecule has 1 heterocycles. The lowest BCUT2D eigenvalue weighted by Crippen LogP contribution is -1.91. The normalized spacial score (nSPS) is 11.8. The van der Waals surface area contributed by atoms with E-state index < -0.39 is 0 Å². The van der Waals surface area contributed by atoms with E-state index in [1.54, 1.807) is 0 Å². The molecule has 0 fully saturated rings. The fourth-order valence-electron chi connectivity index (χ4n) is 7.72. The van der Waals surface area contributed by atoms with Crippen molar-refractivity contribution in [2.24, 2.45) is 0 Å². The third-order valence-corrected chi connectivity index (χ3v) is 9.82. The highest BCUT2D eigenvalue weighted by Gasteiger charge is 2.18. The average Bonchev–Trinajstić information content (AvgIpc) is 3.51. The third kappa shape index (κ3) is 3.97. The van der Waals surface area contributed by atoms with Crippen LogP contribution in [0.25, 0.3) is 98.4 Å². The summed E-state index contributed by atoms with van der Waals surface area (Å²) in [6, 6.07) is 61.5. The molecule has 0 radical (unpaired) electrons. The van der Waals surface area contributed by atoms with Gasteiger partial charge in [-0.15, -0.1) is 0 Å². The Balaban J connectivity index is 1.20. The van der Waals surface area contributed by atoms with Gasteiger partial charge in [0, 0.05) is 16.2 Å². The van der Waals surface area contributed by atoms with Gasteiger partial charge in [0.05, 0.1) is 0 Å². The largest absolute Gasteiger partial charge is 0.455 e. The fourth-order valence-corrected chi connectivity index (χ4v) is 7.72. The van der Waals surface area contributed by atoms with Crippen molar-refractivity contribution in [3.63, 3.8) is 0 Å². The van der Waals surface area contributed by atoms with Gasteiger partial charge in [0.2, 0.25) is 0 Å². The molecule has 47 heavy (non-hydrogen) atoms. The van der Waals surface area contributed by atoms with Crippen LogP contribution in [0, 0.1) is 0 Å². The molecule has 9 aromatic carbocycles. The van der Waals surface area contributed by atoms with E-state index in [0.29, 0.717) is 0 Å². The van der Waals surface area contributed by atoms with Gasteiger partial charge in [-0.3, -0.25) is 0 Å². The molecule has 218 valence electrons. The van der Waals surface area contributed by atoms with Gasteiger partial charge >= 0.3 is 0 Å². The van der Waals surface area contributed by atoms with E-state index in [1.807, 2.05) is 0 Å². The standard InChI is InChI=1S/C46H28O/c1-2-13-30(14-3-1)44-36-19-6-8-21-38(36)45(39-22-9-7-20-37(39)44)33-17-10-15-31(26-33)34-23-11-16-32-27-42-40-25-24-29-12-4-5-18-35(29)46(40)47-43(42)28-41(32)34/h1-28H. The maximum Gasteiger partial charge on any atom is 0.143 e. The van der Waals surface area contributed by atoms with Crippen molar-refractivity contribution in [3.05, 3.63) is 170 Å². The van der Waals surface area contributed by atoms with Gasteiger partial charge in [0.1, 0.15) is 11.2 Å². The molecule has 10 rings (SSSR count). The summed E-state index contributed by atoms with van der Waals surface area (Å²) in [7, 11) is 0. The van der Waals surface area contributed by atoms with Crippen LogP contribution in [-0.2, 0) is 0 Å². The number of furan rings is 1. The Labute approximate surface area is 271 Å². The lowest BCUT2D eigenvalue weighted by atomic mass is 9.85. The van der Waals surface area contributed by atoms with Crippen molar-refractivity contribution in [2.75, 3.05) is 0 Å². The van der Waals surface area contributed by atoms with E-state index in [1.165, 1.54) is 71.1 Å². The van der Waals surface area contributed by atoms with Crippen LogP contribution in [0.5, 0.6) is 0 Å². The monoisotopic (exact) mass is 596 g/mol. The van der Waals surface area contributed by atoms with E-state index in [-0.39, 0.29) is 0 Å². The van der Waals surface area contributed by atoms with Gasteiger partial charge in [0.25, 0.3) is 0 Å². The maximum atomic E-state index is 6.60. The first-order chi connectivity index (χ1) is 23.3. The Hall–Kier alpha value is -6.18. The van der Waals surface area contributed by atoms with Gasteiger partial charge < -0.3 is 4.42 Å². The topological polar surface area (TPSA) is 13.1 Å². The van der Waals surface area contributed by atoms with Crippen LogP contribution < -0.4 is 0 Å². The Morgan fingerprint density at radius 1 is 0.298 bits per heavy atom. The van der Waals surface area contributed by atoms with Crippen molar-refractivity contribution >= 4 is 65.0 Å². The molecule has 0 aliphatic rings. The van der Waals surface area contributed by atoms with E-state index in [4.69, 9.17) is 4.42 Å². The predicted octanol–water partition coefficient (Wildman–Crippen LogP) is 13.2. The highest BCUT2D eigenvalue weighted by molar-refractivity contribution is 6.22. The van der Waals surface area contributed by atoms with Gasteiger partial charge in [0.15, 0.2) is 0 Å². The van der Waals surface area contributed by atoms with Crippen LogP contribution in [0.15, 0.2) is 174 Å². The lowest BCUT2D eigenvalue weighted by Gasteiger charge is -2.18. The van der Waals surface area contributed by atoms with E-state index in [0.717, 1.165) is 27.3 Å². The smallest absolute Gasteiger partial charge is 0.143 e. The van der Waals surface area contributed by atoms with Crippen molar-refractivity contribution in [1.82, 2.24) is 0 Å². The zero-order valence-electron chi connectivity index (χ0n) is 25.6. The van der Waals surface area contributed by atoms with Gasteiger partial charge in [-0.05, 0) is 95.3 Å². The van der Waals surface area contributed by atoms with Gasteiger partial charge in [-0.2, -0.15) is 0 Å². The minimum absolute atomic E-state index is 0.918. The second kappa shape index (κ2) is 10.2. The number of hydrogen-bond donors (Lipinski definition) is 0. The van der Waals surface area contributed by atoms with Crippen LogP contribution in [0.4, 0.5) is 0 Å². The van der Waals surface area contributed by atoms with Crippen LogP contribution in [0.3, 0.4) is 0 Å². The zero-order valence-corrected chi connectivity index (χ0v) is 25.6. The van der Waals surface area contributed by atoms with Crippen LogP contribution in [-0.4, -0.2) is 0 Å². The van der Waals surface area contributed by atoms with E-state index in [2.05, 4.69) is 170 Å². The highest BCUT2D eigenvalue weighted by atomic mass is 16.3. The SMILES string of the molecule is c1ccc(-c2c3ccccc3c(-c3cccc(-c4cccc5cc6c(cc45)oc4c5ccccc5ccc64)c3)c3ccccc23)cc1. The quantitative estimate of drug-likeness (QED) is 0.185. The molecule has 0 atom stereocenters. The van der Waals surface area contributed by atoms with Crippen molar-refractivity contribution in [1.29, 1.82) is 0 Å². The van der Waals surface area contributed by atoms with Crippen molar-refractivity contribution in [3.8, 4) is 33.4 Å². The summed E-state index contributed by atoms with van der Waals surface area (Å²) in [5.74, 6) is 0.